The summed E-state index contributed by atoms with van der Waals surface area (Å²) in [7, 11) is 0. The Labute approximate surface area is 136 Å². The molecule has 0 unspecified atom stereocenters. The number of fused-ring (bicyclic) bond motifs is 1. The SMILES string of the molecule is Cc1cc2oc(=O)cc(C)c2cc1OC[C@H](O)CNC(C)(C)C. The minimum absolute atomic E-state index is 0.0471. The molecule has 1 heterocycles. The van der Waals surface area contributed by atoms with E-state index in [1.165, 1.54) is 6.07 Å². The van der Waals surface area contributed by atoms with Crippen LogP contribution in [0, 0.1) is 13.8 Å². The molecular weight excluding hydrogens is 294 g/mol. The van der Waals surface area contributed by atoms with Gasteiger partial charge in [-0.2, -0.15) is 0 Å². The lowest BCUT2D eigenvalue weighted by molar-refractivity contribution is 0.0998. The Balaban J connectivity index is 2.11. The third-order valence-electron chi connectivity index (χ3n) is 3.55. The molecule has 2 N–H and O–H groups in total. The minimum Gasteiger partial charge on any atom is -0.491 e. The molecule has 1 atom stereocenters. The summed E-state index contributed by atoms with van der Waals surface area (Å²) in [4.78, 5) is 11.4. The van der Waals surface area contributed by atoms with Gasteiger partial charge in [0, 0.05) is 23.5 Å². The predicted octanol–water partition coefficient (Wildman–Crippen LogP) is 2.54. The molecule has 0 radical (unpaired) electrons. The molecule has 2 aromatic rings. The van der Waals surface area contributed by atoms with E-state index in [9.17, 15) is 9.90 Å². The van der Waals surface area contributed by atoms with Crippen LogP contribution in [-0.2, 0) is 0 Å². The molecule has 5 heteroatoms. The molecule has 0 saturated carbocycles. The third-order valence-corrected chi connectivity index (χ3v) is 3.55. The zero-order valence-electron chi connectivity index (χ0n) is 14.4. The van der Waals surface area contributed by atoms with Gasteiger partial charge in [-0.3, -0.25) is 0 Å². The molecule has 0 aliphatic rings. The Hall–Kier alpha value is -1.85. The van der Waals surface area contributed by atoms with E-state index in [1.54, 1.807) is 6.07 Å². The van der Waals surface area contributed by atoms with Gasteiger partial charge in [0.1, 0.15) is 24.0 Å². The molecule has 0 amide bonds. The second-order valence-corrected chi connectivity index (χ2v) is 6.96. The van der Waals surface area contributed by atoms with Crippen LogP contribution in [0.25, 0.3) is 11.0 Å². The second-order valence-electron chi connectivity index (χ2n) is 6.96. The maximum atomic E-state index is 11.4. The first-order valence-electron chi connectivity index (χ1n) is 7.77. The van der Waals surface area contributed by atoms with Crippen LogP contribution in [0.3, 0.4) is 0 Å². The van der Waals surface area contributed by atoms with Crippen molar-refractivity contribution in [3.63, 3.8) is 0 Å². The van der Waals surface area contributed by atoms with E-state index in [0.29, 0.717) is 17.9 Å². The van der Waals surface area contributed by atoms with E-state index in [0.717, 1.165) is 16.5 Å². The van der Waals surface area contributed by atoms with Gasteiger partial charge >= 0.3 is 5.63 Å². The highest BCUT2D eigenvalue weighted by Crippen LogP contribution is 2.26. The lowest BCUT2D eigenvalue weighted by Crippen LogP contribution is -2.42. The molecule has 23 heavy (non-hydrogen) atoms. The smallest absolute Gasteiger partial charge is 0.336 e. The number of hydrogen-bond donors (Lipinski definition) is 2. The minimum atomic E-state index is -0.598. The average Bonchev–Trinajstić information content (AvgIpc) is 2.42. The van der Waals surface area contributed by atoms with Crippen molar-refractivity contribution in [3.8, 4) is 5.75 Å². The molecule has 126 valence electrons. The number of rotatable bonds is 5. The molecular formula is C18H25NO4. The Morgan fingerprint density at radius 2 is 1.91 bits per heavy atom. The monoisotopic (exact) mass is 319 g/mol. The number of aliphatic hydroxyl groups is 1. The van der Waals surface area contributed by atoms with Crippen LogP contribution >= 0.6 is 0 Å². The van der Waals surface area contributed by atoms with Crippen molar-refractivity contribution in [1.82, 2.24) is 5.32 Å². The van der Waals surface area contributed by atoms with Gasteiger partial charge in [0.2, 0.25) is 0 Å². The van der Waals surface area contributed by atoms with Crippen molar-refractivity contribution < 1.29 is 14.3 Å². The maximum absolute atomic E-state index is 11.4. The van der Waals surface area contributed by atoms with Crippen molar-refractivity contribution in [2.45, 2.75) is 46.3 Å². The summed E-state index contributed by atoms with van der Waals surface area (Å²) in [6.07, 6.45) is -0.598. The van der Waals surface area contributed by atoms with Crippen molar-refractivity contribution in [2.24, 2.45) is 0 Å². The quantitative estimate of drug-likeness (QED) is 0.829. The fraction of sp³-hybridized carbons (Fsp3) is 0.500. The summed E-state index contributed by atoms with van der Waals surface area (Å²) >= 11 is 0. The van der Waals surface area contributed by atoms with E-state index < -0.39 is 6.10 Å². The zero-order valence-corrected chi connectivity index (χ0v) is 14.4. The second kappa shape index (κ2) is 6.72. The molecule has 0 saturated heterocycles. The molecule has 5 nitrogen and oxygen atoms in total. The summed E-state index contributed by atoms with van der Waals surface area (Å²) in [5.74, 6) is 0.684. The maximum Gasteiger partial charge on any atom is 0.336 e. The summed E-state index contributed by atoms with van der Waals surface area (Å²) in [5, 5.41) is 14.1. The van der Waals surface area contributed by atoms with Gasteiger partial charge in [0.15, 0.2) is 0 Å². The summed E-state index contributed by atoms with van der Waals surface area (Å²) < 4.78 is 11.0. The fourth-order valence-corrected chi connectivity index (χ4v) is 2.27. The molecule has 1 aromatic carbocycles. The molecule has 0 bridgehead atoms. The zero-order chi connectivity index (χ0) is 17.2. The van der Waals surface area contributed by atoms with Crippen molar-refractivity contribution in [1.29, 1.82) is 0 Å². The molecule has 2 rings (SSSR count). The molecule has 0 aliphatic heterocycles. The van der Waals surface area contributed by atoms with Crippen LogP contribution in [0.15, 0.2) is 27.4 Å². The number of hydrogen-bond acceptors (Lipinski definition) is 5. The standard InChI is InChI=1S/C18H25NO4/c1-11-7-17(21)23-16-6-12(2)15(8-14(11)16)22-10-13(20)9-19-18(3,4)5/h6-8,13,19-20H,9-10H2,1-5H3/t13-/m1/s1. The molecule has 0 aliphatic carbocycles. The van der Waals surface area contributed by atoms with E-state index in [4.69, 9.17) is 9.15 Å². The highest BCUT2D eigenvalue weighted by Gasteiger charge is 2.14. The van der Waals surface area contributed by atoms with Crippen LogP contribution in [0.2, 0.25) is 0 Å². The van der Waals surface area contributed by atoms with Gasteiger partial charge in [-0.05, 0) is 57.9 Å². The van der Waals surface area contributed by atoms with E-state index in [2.05, 4.69) is 5.32 Å². The number of nitrogens with one attached hydrogen (secondary N) is 1. The molecule has 0 fully saturated rings. The highest BCUT2D eigenvalue weighted by molar-refractivity contribution is 5.82. The first-order valence-corrected chi connectivity index (χ1v) is 7.77. The van der Waals surface area contributed by atoms with Crippen LogP contribution in [-0.4, -0.2) is 29.9 Å². The average molecular weight is 319 g/mol. The topological polar surface area (TPSA) is 71.7 Å². The van der Waals surface area contributed by atoms with Gasteiger partial charge in [-0.1, -0.05) is 0 Å². The first-order chi connectivity index (χ1) is 10.7. The first kappa shape index (κ1) is 17.5. The number of β-amino-alcohol motifs (C(OH)–C–C–N with tert-alkyl or cyclic N) is 1. The lowest BCUT2D eigenvalue weighted by Gasteiger charge is -2.23. The molecule has 1 aromatic heterocycles. The van der Waals surface area contributed by atoms with Gasteiger partial charge in [0.25, 0.3) is 0 Å². The molecule has 0 spiro atoms. The highest BCUT2D eigenvalue weighted by atomic mass is 16.5. The van der Waals surface area contributed by atoms with Crippen molar-refractivity contribution in [2.75, 3.05) is 13.2 Å². The van der Waals surface area contributed by atoms with Gasteiger partial charge in [-0.25, -0.2) is 4.79 Å². The number of aliphatic hydroxyl groups excluding tert-OH is 1. The largest absolute Gasteiger partial charge is 0.491 e. The van der Waals surface area contributed by atoms with Crippen LogP contribution in [0.1, 0.15) is 31.9 Å². The van der Waals surface area contributed by atoms with Crippen LogP contribution in [0.4, 0.5) is 0 Å². The number of aryl methyl sites for hydroxylation is 2. The summed E-state index contributed by atoms with van der Waals surface area (Å²) in [6, 6.07) is 5.11. The summed E-state index contributed by atoms with van der Waals surface area (Å²) in [6.45, 7) is 10.5. The van der Waals surface area contributed by atoms with Crippen LogP contribution in [0.5, 0.6) is 5.75 Å². The Morgan fingerprint density at radius 1 is 1.22 bits per heavy atom. The van der Waals surface area contributed by atoms with E-state index in [1.807, 2.05) is 40.7 Å². The normalized spacial score (nSPS) is 13.3. The van der Waals surface area contributed by atoms with Crippen molar-refractivity contribution >= 4 is 11.0 Å². The van der Waals surface area contributed by atoms with Gasteiger partial charge in [-0.15, -0.1) is 0 Å². The lowest BCUT2D eigenvalue weighted by atomic mass is 10.1. The third kappa shape index (κ3) is 4.81. The Bertz CT molecular complexity index is 743. The van der Waals surface area contributed by atoms with Crippen molar-refractivity contribution in [3.05, 3.63) is 39.7 Å². The van der Waals surface area contributed by atoms with E-state index in [-0.39, 0.29) is 17.8 Å². The number of ether oxygens (including phenoxy) is 1. The predicted molar refractivity (Wildman–Crippen MR) is 91.2 cm³/mol. The van der Waals surface area contributed by atoms with E-state index >= 15 is 0 Å². The Morgan fingerprint density at radius 3 is 2.57 bits per heavy atom. The van der Waals surface area contributed by atoms with Gasteiger partial charge < -0.3 is 19.6 Å². The number of benzene rings is 1. The summed E-state index contributed by atoms with van der Waals surface area (Å²) in [5.41, 5.74) is 1.86. The Kier molecular flexibility index (Phi) is 5.12. The fourth-order valence-electron chi connectivity index (χ4n) is 2.27. The van der Waals surface area contributed by atoms with Crippen LogP contribution < -0.4 is 15.7 Å². The van der Waals surface area contributed by atoms with Gasteiger partial charge in [0.05, 0.1) is 0 Å².